The topological polar surface area (TPSA) is 41.5 Å². The second kappa shape index (κ2) is 5.73. The van der Waals surface area contributed by atoms with Crippen molar-refractivity contribution in [3.63, 3.8) is 0 Å². The fourth-order valence-corrected chi connectivity index (χ4v) is 5.90. The van der Waals surface area contributed by atoms with Crippen molar-refractivity contribution in [1.82, 2.24) is 5.43 Å². The zero-order valence-corrected chi connectivity index (χ0v) is 15.1. The lowest BCUT2D eigenvalue weighted by Gasteiger charge is -2.56. The maximum Gasteiger partial charge on any atom is 0.271 e. The van der Waals surface area contributed by atoms with Crippen molar-refractivity contribution >= 4 is 27.5 Å². The quantitative estimate of drug-likeness (QED) is 0.600. The average Bonchev–Trinajstić information content (AvgIpc) is 2.51. The second-order valence-corrected chi connectivity index (χ2v) is 8.76. The van der Waals surface area contributed by atoms with Gasteiger partial charge in [-0.2, -0.15) is 5.10 Å². The van der Waals surface area contributed by atoms with Crippen LogP contribution in [0.5, 0.6) is 0 Å². The number of amides is 1. The smallest absolute Gasteiger partial charge is 0.267 e. The summed E-state index contributed by atoms with van der Waals surface area (Å²) in [7, 11) is 0. The van der Waals surface area contributed by atoms with E-state index >= 15 is 0 Å². The Morgan fingerprint density at radius 1 is 1.17 bits per heavy atom. The van der Waals surface area contributed by atoms with Gasteiger partial charge in [0.25, 0.3) is 5.91 Å². The zero-order chi connectivity index (χ0) is 16.0. The van der Waals surface area contributed by atoms with Crippen molar-refractivity contribution in [2.45, 2.75) is 45.4 Å². The van der Waals surface area contributed by atoms with E-state index in [4.69, 9.17) is 0 Å². The first-order chi connectivity index (χ1) is 11.0. The van der Waals surface area contributed by atoms with E-state index in [1.54, 1.807) is 0 Å². The second-order valence-electron chi connectivity index (χ2n) is 7.85. The van der Waals surface area contributed by atoms with Crippen LogP contribution < -0.4 is 5.43 Å². The Morgan fingerprint density at radius 3 is 2.35 bits per heavy atom. The lowest BCUT2D eigenvalue weighted by molar-refractivity contribution is -0.0128. The standard InChI is InChI=1S/C19H23BrN2O/c1-12(21-22-18(23)16-3-2-4-17(20)8-16)19-9-13-5-14(10-19)7-15(6-13)11-19/h2-4,8,13-15H,5-7,9-11H2,1H3,(H,22,23). The number of carbonyl (C=O) groups is 1. The third-order valence-corrected chi connectivity index (χ3v) is 6.71. The van der Waals surface area contributed by atoms with Crippen LogP contribution in [0.15, 0.2) is 33.8 Å². The van der Waals surface area contributed by atoms with Gasteiger partial charge >= 0.3 is 0 Å². The number of benzene rings is 1. The molecule has 0 saturated heterocycles. The molecule has 1 amide bonds. The van der Waals surface area contributed by atoms with Gasteiger partial charge in [-0.3, -0.25) is 4.79 Å². The molecule has 5 rings (SSSR count). The van der Waals surface area contributed by atoms with E-state index in [1.165, 1.54) is 38.5 Å². The minimum absolute atomic E-state index is 0.129. The first-order valence-electron chi connectivity index (χ1n) is 8.65. The molecule has 4 saturated carbocycles. The van der Waals surface area contributed by atoms with Gasteiger partial charge < -0.3 is 0 Å². The number of rotatable bonds is 3. The molecule has 1 aromatic carbocycles. The summed E-state index contributed by atoms with van der Waals surface area (Å²) in [5.41, 5.74) is 4.82. The summed E-state index contributed by atoms with van der Waals surface area (Å²) >= 11 is 3.40. The molecule has 4 fully saturated rings. The van der Waals surface area contributed by atoms with Crippen LogP contribution in [0.25, 0.3) is 0 Å². The maximum absolute atomic E-state index is 12.3. The van der Waals surface area contributed by atoms with Crippen LogP contribution in [0.3, 0.4) is 0 Å². The Morgan fingerprint density at radius 2 is 1.78 bits per heavy atom. The number of hydrogen-bond donors (Lipinski definition) is 1. The van der Waals surface area contributed by atoms with Gasteiger partial charge in [0, 0.05) is 21.2 Å². The Bertz CT molecular complexity index is 632. The summed E-state index contributed by atoms with van der Waals surface area (Å²) in [4.78, 5) is 12.3. The first-order valence-corrected chi connectivity index (χ1v) is 9.44. The van der Waals surface area contributed by atoms with Crippen molar-refractivity contribution in [2.24, 2.45) is 28.3 Å². The fourth-order valence-electron chi connectivity index (χ4n) is 5.50. The molecule has 4 aliphatic carbocycles. The lowest BCUT2D eigenvalue weighted by atomic mass is 9.48. The maximum atomic E-state index is 12.3. The Hall–Kier alpha value is -1.16. The number of hydrogen-bond acceptors (Lipinski definition) is 2. The molecule has 1 aromatic rings. The highest BCUT2D eigenvalue weighted by molar-refractivity contribution is 9.10. The normalized spacial score (nSPS) is 35.4. The van der Waals surface area contributed by atoms with Crippen molar-refractivity contribution in [3.05, 3.63) is 34.3 Å². The summed E-state index contributed by atoms with van der Waals surface area (Å²) in [5.74, 6) is 2.56. The van der Waals surface area contributed by atoms with Gasteiger partial charge in [-0.1, -0.05) is 22.0 Å². The van der Waals surface area contributed by atoms with E-state index in [2.05, 4.69) is 33.4 Å². The molecule has 0 aliphatic heterocycles. The molecule has 0 heterocycles. The number of hydrazone groups is 1. The summed E-state index contributed by atoms with van der Waals surface area (Å²) in [6, 6.07) is 7.43. The Kier molecular flexibility index (Phi) is 3.83. The van der Waals surface area contributed by atoms with E-state index in [1.807, 2.05) is 24.3 Å². The van der Waals surface area contributed by atoms with Crippen LogP contribution >= 0.6 is 15.9 Å². The van der Waals surface area contributed by atoms with Crippen LogP contribution in [0.1, 0.15) is 55.8 Å². The van der Waals surface area contributed by atoms with Gasteiger partial charge in [0.05, 0.1) is 0 Å². The van der Waals surface area contributed by atoms with E-state index in [0.717, 1.165) is 27.9 Å². The Labute approximate surface area is 146 Å². The van der Waals surface area contributed by atoms with Crippen LogP contribution in [-0.4, -0.2) is 11.6 Å². The van der Waals surface area contributed by atoms with Crippen molar-refractivity contribution in [1.29, 1.82) is 0 Å². The summed E-state index contributed by atoms with van der Waals surface area (Å²) in [5, 5.41) is 4.52. The molecule has 0 spiro atoms. The summed E-state index contributed by atoms with van der Waals surface area (Å²) in [6.07, 6.45) is 8.12. The predicted molar refractivity (Wildman–Crippen MR) is 95.3 cm³/mol. The highest BCUT2D eigenvalue weighted by Gasteiger charge is 2.52. The SMILES string of the molecule is CC(=NNC(=O)c1cccc(Br)c1)C12CC3CC(CC(C3)C1)C2. The molecule has 0 atom stereocenters. The fraction of sp³-hybridized carbons (Fsp3) is 0.579. The molecule has 0 unspecified atom stereocenters. The van der Waals surface area contributed by atoms with Crippen molar-refractivity contribution in [2.75, 3.05) is 0 Å². The molecule has 0 aromatic heterocycles. The predicted octanol–water partition coefficient (Wildman–Crippen LogP) is 4.77. The summed E-state index contributed by atoms with van der Waals surface area (Å²) in [6.45, 7) is 2.12. The van der Waals surface area contributed by atoms with Crippen LogP contribution in [0.4, 0.5) is 0 Å². The molecular weight excluding hydrogens is 352 g/mol. The van der Waals surface area contributed by atoms with Gasteiger partial charge in [-0.15, -0.1) is 0 Å². The van der Waals surface area contributed by atoms with E-state index in [-0.39, 0.29) is 11.3 Å². The Balaban J connectivity index is 1.49. The van der Waals surface area contributed by atoms with Gasteiger partial charge in [-0.05, 0) is 81.4 Å². The molecule has 122 valence electrons. The molecular formula is C19H23BrN2O. The van der Waals surface area contributed by atoms with Crippen LogP contribution in [0, 0.1) is 23.2 Å². The monoisotopic (exact) mass is 374 g/mol. The molecule has 4 bridgehead atoms. The van der Waals surface area contributed by atoms with Crippen molar-refractivity contribution in [3.8, 4) is 0 Å². The van der Waals surface area contributed by atoms with Gasteiger partial charge in [0.1, 0.15) is 0 Å². The first kappa shape index (κ1) is 15.4. The van der Waals surface area contributed by atoms with Gasteiger partial charge in [-0.25, -0.2) is 5.43 Å². The van der Waals surface area contributed by atoms with Gasteiger partial charge in [0.2, 0.25) is 0 Å². The zero-order valence-electron chi connectivity index (χ0n) is 13.5. The minimum atomic E-state index is -0.129. The minimum Gasteiger partial charge on any atom is -0.267 e. The highest BCUT2D eigenvalue weighted by Crippen LogP contribution is 2.60. The third-order valence-electron chi connectivity index (χ3n) is 6.22. The van der Waals surface area contributed by atoms with Crippen molar-refractivity contribution < 1.29 is 4.79 Å². The van der Waals surface area contributed by atoms with Gasteiger partial charge in [0.15, 0.2) is 0 Å². The number of nitrogens with zero attached hydrogens (tertiary/aromatic N) is 1. The molecule has 4 heteroatoms. The number of carbonyl (C=O) groups excluding carboxylic acids is 1. The lowest BCUT2D eigenvalue weighted by Crippen LogP contribution is -2.49. The van der Waals surface area contributed by atoms with Crippen LogP contribution in [-0.2, 0) is 0 Å². The van der Waals surface area contributed by atoms with E-state index < -0.39 is 0 Å². The third kappa shape index (κ3) is 2.86. The molecule has 1 N–H and O–H groups in total. The summed E-state index contributed by atoms with van der Waals surface area (Å²) < 4.78 is 0.909. The molecule has 0 radical (unpaired) electrons. The van der Waals surface area contributed by atoms with Crippen LogP contribution in [0.2, 0.25) is 0 Å². The largest absolute Gasteiger partial charge is 0.271 e. The highest BCUT2D eigenvalue weighted by atomic mass is 79.9. The molecule has 4 aliphatic rings. The van der Waals surface area contributed by atoms with E-state index in [9.17, 15) is 4.79 Å². The number of halogens is 1. The average molecular weight is 375 g/mol. The molecule has 3 nitrogen and oxygen atoms in total. The van der Waals surface area contributed by atoms with E-state index in [0.29, 0.717) is 5.56 Å². The number of nitrogens with one attached hydrogen (secondary N) is 1. The molecule has 23 heavy (non-hydrogen) atoms.